The first-order chi connectivity index (χ1) is 8.69. The highest BCUT2D eigenvalue weighted by atomic mass is 16.5. The number of nitrogens with one attached hydrogen (secondary N) is 1. The number of benzene rings is 1. The van der Waals surface area contributed by atoms with Gasteiger partial charge in [-0.3, -0.25) is 4.79 Å². The number of hydrogen-bond acceptors (Lipinski definition) is 4. The van der Waals surface area contributed by atoms with Crippen molar-refractivity contribution in [3.8, 4) is 18.1 Å². The lowest BCUT2D eigenvalue weighted by molar-refractivity contribution is -0.122. The fourth-order valence-electron chi connectivity index (χ4n) is 1.29. The van der Waals surface area contributed by atoms with Gasteiger partial charge in [0.05, 0.1) is 12.3 Å². The van der Waals surface area contributed by atoms with Gasteiger partial charge in [-0.1, -0.05) is 23.2 Å². The molecule has 0 heterocycles. The van der Waals surface area contributed by atoms with Crippen molar-refractivity contribution in [1.82, 2.24) is 5.32 Å². The summed E-state index contributed by atoms with van der Waals surface area (Å²) in [4.78, 5) is 11.3. The summed E-state index contributed by atoms with van der Waals surface area (Å²) in [6, 6.07) is 6.99. The van der Waals surface area contributed by atoms with E-state index in [1.54, 1.807) is 31.2 Å². The van der Waals surface area contributed by atoms with E-state index >= 15 is 0 Å². The minimum Gasteiger partial charge on any atom is -0.483 e. The molecule has 94 valence electrons. The smallest absolute Gasteiger partial charge is 0.258 e. The summed E-state index contributed by atoms with van der Waals surface area (Å²) in [6.07, 6.45) is 5.02. The third kappa shape index (κ3) is 3.83. The molecule has 0 spiro atoms. The van der Waals surface area contributed by atoms with Gasteiger partial charge in [0.1, 0.15) is 5.75 Å². The van der Waals surface area contributed by atoms with Crippen LogP contribution in [0.3, 0.4) is 0 Å². The average molecular weight is 246 g/mol. The highest BCUT2D eigenvalue weighted by Crippen LogP contribution is 2.18. The third-order valence-corrected chi connectivity index (χ3v) is 2.17. The molecule has 0 aliphatic heterocycles. The van der Waals surface area contributed by atoms with Crippen LogP contribution in [0.1, 0.15) is 12.5 Å². The number of ether oxygens (including phenoxy) is 1. The van der Waals surface area contributed by atoms with Gasteiger partial charge in [-0.05, 0) is 19.1 Å². The lowest BCUT2D eigenvalue weighted by atomic mass is 10.1. The molecule has 18 heavy (non-hydrogen) atoms. The number of rotatable bonds is 5. The summed E-state index contributed by atoms with van der Waals surface area (Å²) in [5.41, 5.74) is 1.04. The van der Waals surface area contributed by atoms with E-state index < -0.39 is 0 Å². The Labute approximate surface area is 105 Å². The molecule has 0 saturated heterocycles. The second-order valence-corrected chi connectivity index (χ2v) is 3.45. The lowest BCUT2D eigenvalue weighted by Gasteiger charge is -2.10. The van der Waals surface area contributed by atoms with Gasteiger partial charge < -0.3 is 15.3 Å². The molecule has 2 N–H and O–H groups in total. The summed E-state index contributed by atoms with van der Waals surface area (Å²) in [6.45, 7) is 1.67. The number of carbonyl (C=O) groups is 1. The zero-order valence-electron chi connectivity index (χ0n) is 10.0. The first-order valence-corrected chi connectivity index (χ1v) is 5.30. The summed E-state index contributed by atoms with van der Waals surface area (Å²) in [5.74, 6) is 2.47. The van der Waals surface area contributed by atoms with Crippen LogP contribution in [0.2, 0.25) is 0 Å². The van der Waals surface area contributed by atoms with Crippen LogP contribution in [0, 0.1) is 12.3 Å². The maximum Gasteiger partial charge on any atom is 0.258 e. The van der Waals surface area contributed by atoms with Crippen LogP contribution in [0.15, 0.2) is 29.4 Å². The van der Waals surface area contributed by atoms with Gasteiger partial charge in [-0.15, -0.1) is 6.42 Å². The molecule has 5 nitrogen and oxygen atoms in total. The van der Waals surface area contributed by atoms with Crippen molar-refractivity contribution in [1.29, 1.82) is 0 Å². The van der Waals surface area contributed by atoms with Crippen LogP contribution in [-0.4, -0.2) is 30.0 Å². The predicted octanol–water partition coefficient (Wildman–Crippen LogP) is 1.01. The largest absolute Gasteiger partial charge is 0.483 e. The standard InChI is InChI=1S/C13H14N2O3/c1-3-8-14-13(16)9-18-12-7-5-4-6-11(12)10(2)15-17/h1,4-7,17H,8-9H2,2H3,(H,14,16)/b15-10+. The maximum absolute atomic E-state index is 11.3. The number of amides is 1. The molecule has 0 fully saturated rings. The second kappa shape index (κ2) is 6.97. The molecule has 0 atom stereocenters. The number of para-hydroxylation sites is 1. The van der Waals surface area contributed by atoms with E-state index in [4.69, 9.17) is 16.4 Å². The van der Waals surface area contributed by atoms with Gasteiger partial charge in [0.25, 0.3) is 5.91 Å². The Hall–Kier alpha value is -2.48. The Bertz CT molecular complexity index is 489. The van der Waals surface area contributed by atoms with E-state index in [9.17, 15) is 4.79 Å². The fraction of sp³-hybridized carbons (Fsp3) is 0.231. The highest BCUT2D eigenvalue weighted by Gasteiger charge is 2.08. The van der Waals surface area contributed by atoms with E-state index in [1.807, 2.05) is 0 Å². The van der Waals surface area contributed by atoms with Crippen molar-refractivity contribution >= 4 is 11.6 Å². The number of hydrogen-bond donors (Lipinski definition) is 2. The van der Waals surface area contributed by atoms with Crippen molar-refractivity contribution in [2.45, 2.75) is 6.92 Å². The van der Waals surface area contributed by atoms with Crippen LogP contribution in [0.25, 0.3) is 0 Å². The summed E-state index contributed by atoms with van der Waals surface area (Å²) >= 11 is 0. The van der Waals surface area contributed by atoms with E-state index in [0.717, 1.165) is 0 Å². The molecular formula is C13H14N2O3. The molecular weight excluding hydrogens is 232 g/mol. The molecule has 0 saturated carbocycles. The quantitative estimate of drug-likeness (QED) is 0.352. The Morgan fingerprint density at radius 1 is 1.56 bits per heavy atom. The van der Waals surface area contributed by atoms with Crippen molar-refractivity contribution in [2.24, 2.45) is 5.16 Å². The third-order valence-electron chi connectivity index (χ3n) is 2.17. The van der Waals surface area contributed by atoms with E-state index in [-0.39, 0.29) is 19.1 Å². The molecule has 0 bridgehead atoms. The van der Waals surface area contributed by atoms with Crippen molar-refractivity contribution < 1.29 is 14.7 Å². The fourth-order valence-corrected chi connectivity index (χ4v) is 1.29. The molecule has 0 radical (unpaired) electrons. The SMILES string of the molecule is C#CCNC(=O)COc1ccccc1/C(C)=N/O. The van der Waals surface area contributed by atoms with Crippen LogP contribution in [0.5, 0.6) is 5.75 Å². The molecule has 0 aliphatic carbocycles. The van der Waals surface area contributed by atoms with Crippen LogP contribution in [0.4, 0.5) is 0 Å². The van der Waals surface area contributed by atoms with Crippen molar-refractivity contribution in [3.63, 3.8) is 0 Å². The molecule has 0 aliphatic rings. The van der Waals surface area contributed by atoms with Crippen molar-refractivity contribution in [3.05, 3.63) is 29.8 Å². The monoisotopic (exact) mass is 246 g/mol. The molecule has 0 unspecified atom stereocenters. The van der Waals surface area contributed by atoms with Gasteiger partial charge in [0.2, 0.25) is 0 Å². The van der Waals surface area contributed by atoms with Crippen molar-refractivity contribution in [2.75, 3.05) is 13.2 Å². The Kier molecular flexibility index (Phi) is 5.26. The predicted molar refractivity (Wildman–Crippen MR) is 67.8 cm³/mol. The average Bonchev–Trinajstić information content (AvgIpc) is 2.42. The first-order valence-electron chi connectivity index (χ1n) is 5.30. The van der Waals surface area contributed by atoms with Gasteiger partial charge >= 0.3 is 0 Å². The van der Waals surface area contributed by atoms with E-state index in [0.29, 0.717) is 17.0 Å². The Morgan fingerprint density at radius 2 is 2.28 bits per heavy atom. The zero-order valence-corrected chi connectivity index (χ0v) is 10.0. The molecule has 1 amide bonds. The summed E-state index contributed by atoms with van der Waals surface area (Å²) < 4.78 is 5.35. The summed E-state index contributed by atoms with van der Waals surface area (Å²) in [7, 11) is 0. The first kappa shape index (κ1) is 13.6. The Balaban J connectivity index is 2.68. The molecule has 0 aromatic heterocycles. The Morgan fingerprint density at radius 3 is 2.94 bits per heavy atom. The number of oxime groups is 1. The normalized spacial score (nSPS) is 10.6. The molecule has 1 rings (SSSR count). The number of carbonyl (C=O) groups excluding carboxylic acids is 1. The van der Waals surface area contributed by atoms with Crippen LogP contribution < -0.4 is 10.1 Å². The molecule has 5 heteroatoms. The summed E-state index contributed by atoms with van der Waals surface area (Å²) in [5, 5.41) is 14.3. The van der Waals surface area contributed by atoms with Gasteiger partial charge in [-0.2, -0.15) is 0 Å². The lowest BCUT2D eigenvalue weighted by Crippen LogP contribution is -2.29. The molecule has 1 aromatic carbocycles. The number of terminal acetylenes is 1. The van der Waals surface area contributed by atoms with Crippen LogP contribution >= 0.6 is 0 Å². The minimum atomic E-state index is -0.304. The van der Waals surface area contributed by atoms with Gasteiger partial charge in [0, 0.05) is 5.56 Å². The second-order valence-electron chi connectivity index (χ2n) is 3.45. The molecule has 1 aromatic rings. The van der Waals surface area contributed by atoms with Gasteiger partial charge in [-0.25, -0.2) is 0 Å². The highest BCUT2D eigenvalue weighted by molar-refractivity contribution is 6.00. The maximum atomic E-state index is 11.3. The van der Waals surface area contributed by atoms with Crippen LogP contribution in [-0.2, 0) is 4.79 Å². The van der Waals surface area contributed by atoms with Gasteiger partial charge in [0.15, 0.2) is 6.61 Å². The topological polar surface area (TPSA) is 70.9 Å². The minimum absolute atomic E-state index is 0.141. The zero-order chi connectivity index (χ0) is 13.4. The van der Waals surface area contributed by atoms with E-state index in [2.05, 4.69) is 16.4 Å². The number of nitrogens with zero attached hydrogens (tertiary/aromatic N) is 1. The van der Waals surface area contributed by atoms with E-state index in [1.165, 1.54) is 0 Å².